The molecule has 0 aromatic heterocycles. The monoisotopic (exact) mass is 369 g/mol. The van der Waals surface area contributed by atoms with Crippen molar-refractivity contribution in [3.05, 3.63) is 71.3 Å². The van der Waals surface area contributed by atoms with Gasteiger partial charge < -0.3 is 0 Å². The Hall–Kier alpha value is -2.39. The molecule has 2 aromatic carbocycles. The van der Waals surface area contributed by atoms with Crippen LogP contribution < -0.4 is 9.44 Å². The number of nitrogens with one attached hydrogen (secondary N) is 2. The Morgan fingerprint density at radius 3 is 2.24 bits per heavy atom. The van der Waals surface area contributed by atoms with Crippen molar-refractivity contribution in [2.24, 2.45) is 4.99 Å². The molecule has 0 aliphatic carbocycles. The van der Waals surface area contributed by atoms with Crippen LogP contribution in [0.15, 0.2) is 59.6 Å². The van der Waals surface area contributed by atoms with Crippen LogP contribution in [0, 0.1) is 0 Å². The molecule has 0 amide bonds. The van der Waals surface area contributed by atoms with E-state index in [0.717, 1.165) is 17.7 Å². The SMILES string of the molecule is O=S1(=O)NC(=NCc2ccccc2)C(c2ccc(C(F)(F)F)cc2)N1. The van der Waals surface area contributed by atoms with Gasteiger partial charge in [0.05, 0.1) is 12.1 Å². The summed E-state index contributed by atoms with van der Waals surface area (Å²) in [7, 11) is -3.79. The van der Waals surface area contributed by atoms with Gasteiger partial charge in [-0.05, 0) is 23.3 Å². The first kappa shape index (κ1) is 17.4. The van der Waals surface area contributed by atoms with E-state index in [1.165, 1.54) is 12.1 Å². The quantitative estimate of drug-likeness (QED) is 0.873. The number of benzene rings is 2. The summed E-state index contributed by atoms with van der Waals surface area (Å²) < 4.78 is 66.2. The lowest BCUT2D eigenvalue weighted by Crippen LogP contribution is -2.24. The van der Waals surface area contributed by atoms with Crippen LogP contribution in [0.2, 0.25) is 0 Å². The summed E-state index contributed by atoms with van der Waals surface area (Å²) in [6.45, 7) is 0.248. The van der Waals surface area contributed by atoms with Crippen LogP contribution in [0.1, 0.15) is 22.7 Å². The standard InChI is InChI=1S/C16H14F3N3O2S/c17-16(18,19)13-8-6-12(7-9-13)14-15(22-25(23,24)21-14)20-10-11-4-2-1-3-5-11/h1-9,14,21H,10H2,(H,20,22). The lowest BCUT2D eigenvalue weighted by atomic mass is 10.0. The summed E-state index contributed by atoms with van der Waals surface area (Å²) in [5.74, 6) is 0.142. The van der Waals surface area contributed by atoms with Gasteiger partial charge in [-0.3, -0.25) is 9.71 Å². The van der Waals surface area contributed by atoms with E-state index in [1.54, 1.807) is 0 Å². The number of amidine groups is 1. The number of hydrogen-bond acceptors (Lipinski definition) is 3. The van der Waals surface area contributed by atoms with Crippen LogP contribution in [0.5, 0.6) is 0 Å². The first-order chi connectivity index (χ1) is 11.7. The van der Waals surface area contributed by atoms with E-state index in [2.05, 4.69) is 14.4 Å². The minimum atomic E-state index is -4.45. The van der Waals surface area contributed by atoms with Crippen LogP contribution in [0.25, 0.3) is 0 Å². The van der Waals surface area contributed by atoms with Gasteiger partial charge in [0.1, 0.15) is 11.9 Å². The number of hydrogen-bond donors (Lipinski definition) is 2. The van der Waals surface area contributed by atoms with Gasteiger partial charge in [0.25, 0.3) is 0 Å². The molecule has 1 unspecified atom stereocenters. The number of alkyl halides is 3. The molecule has 1 aliphatic heterocycles. The van der Waals surface area contributed by atoms with Crippen molar-refractivity contribution in [3.8, 4) is 0 Å². The summed E-state index contributed by atoms with van der Waals surface area (Å²) in [4.78, 5) is 4.26. The van der Waals surface area contributed by atoms with Gasteiger partial charge >= 0.3 is 16.4 Å². The maximum atomic E-state index is 12.7. The van der Waals surface area contributed by atoms with E-state index in [1.807, 2.05) is 30.3 Å². The van der Waals surface area contributed by atoms with Crippen LogP contribution in [0.4, 0.5) is 13.2 Å². The third-order valence-electron chi connectivity index (χ3n) is 3.63. The fraction of sp³-hybridized carbons (Fsp3) is 0.188. The van der Waals surface area contributed by atoms with Crippen molar-refractivity contribution in [2.45, 2.75) is 18.8 Å². The van der Waals surface area contributed by atoms with Gasteiger partial charge in [-0.1, -0.05) is 42.5 Å². The lowest BCUT2D eigenvalue weighted by molar-refractivity contribution is -0.137. The van der Waals surface area contributed by atoms with Gasteiger partial charge in [-0.15, -0.1) is 0 Å². The zero-order valence-corrected chi connectivity index (χ0v) is 13.6. The molecule has 132 valence electrons. The van der Waals surface area contributed by atoms with Crippen molar-refractivity contribution in [3.63, 3.8) is 0 Å². The Morgan fingerprint density at radius 2 is 1.64 bits per heavy atom. The summed E-state index contributed by atoms with van der Waals surface area (Å²) in [5, 5.41) is 0. The first-order valence-electron chi connectivity index (χ1n) is 7.30. The highest BCUT2D eigenvalue weighted by molar-refractivity contribution is 7.88. The summed E-state index contributed by atoms with van der Waals surface area (Å²) in [5.41, 5.74) is 0.452. The van der Waals surface area contributed by atoms with Crippen molar-refractivity contribution in [1.82, 2.24) is 9.44 Å². The largest absolute Gasteiger partial charge is 0.416 e. The minimum Gasteiger partial charge on any atom is -0.265 e. The van der Waals surface area contributed by atoms with Crippen molar-refractivity contribution < 1.29 is 21.6 Å². The van der Waals surface area contributed by atoms with Gasteiger partial charge in [0.15, 0.2) is 0 Å². The Morgan fingerprint density at radius 1 is 1.00 bits per heavy atom. The Balaban J connectivity index is 1.87. The maximum absolute atomic E-state index is 12.7. The topological polar surface area (TPSA) is 70.6 Å². The first-order valence-corrected chi connectivity index (χ1v) is 8.78. The third kappa shape index (κ3) is 4.18. The van der Waals surface area contributed by atoms with E-state index < -0.39 is 28.0 Å². The molecule has 2 N–H and O–H groups in total. The molecule has 0 spiro atoms. The summed E-state index contributed by atoms with van der Waals surface area (Å²) in [6, 6.07) is 12.6. The average Bonchev–Trinajstić information content (AvgIpc) is 2.88. The third-order valence-corrected chi connectivity index (χ3v) is 4.66. The van der Waals surface area contributed by atoms with E-state index in [-0.39, 0.29) is 12.4 Å². The summed E-state index contributed by atoms with van der Waals surface area (Å²) >= 11 is 0. The van der Waals surface area contributed by atoms with Crippen LogP contribution >= 0.6 is 0 Å². The van der Waals surface area contributed by atoms with Crippen LogP contribution in [-0.2, 0) is 22.9 Å². The molecule has 1 heterocycles. The smallest absolute Gasteiger partial charge is 0.265 e. The van der Waals surface area contributed by atoms with E-state index in [9.17, 15) is 21.6 Å². The molecule has 0 bridgehead atoms. The average molecular weight is 369 g/mol. The molecule has 25 heavy (non-hydrogen) atoms. The predicted octanol–water partition coefficient (Wildman–Crippen LogP) is 2.78. The predicted molar refractivity (Wildman–Crippen MR) is 87.0 cm³/mol. The Kier molecular flexibility index (Phi) is 4.53. The fourth-order valence-electron chi connectivity index (χ4n) is 2.41. The van der Waals surface area contributed by atoms with E-state index >= 15 is 0 Å². The highest BCUT2D eigenvalue weighted by Gasteiger charge is 2.35. The van der Waals surface area contributed by atoms with Gasteiger partial charge in [0.2, 0.25) is 0 Å². The van der Waals surface area contributed by atoms with E-state index in [0.29, 0.717) is 5.56 Å². The molecule has 3 rings (SSSR count). The molecule has 1 saturated heterocycles. The van der Waals surface area contributed by atoms with Gasteiger partial charge in [-0.2, -0.15) is 26.3 Å². The molecule has 9 heteroatoms. The minimum absolute atomic E-state index is 0.142. The Labute approximate surface area is 142 Å². The molecule has 1 aliphatic rings. The number of rotatable bonds is 3. The van der Waals surface area contributed by atoms with Crippen LogP contribution in [-0.4, -0.2) is 14.3 Å². The molecular weight excluding hydrogens is 355 g/mol. The zero-order valence-electron chi connectivity index (χ0n) is 12.8. The number of halogens is 3. The summed E-state index contributed by atoms with van der Waals surface area (Å²) in [6.07, 6.45) is -4.45. The molecule has 1 atom stereocenters. The van der Waals surface area contributed by atoms with Gasteiger partial charge in [0, 0.05) is 0 Å². The molecule has 5 nitrogen and oxygen atoms in total. The second-order valence-corrected chi connectivity index (χ2v) is 6.91. The maximum Gasteiger partial charge on any atom is 0.416 e. The lowest BCUT2D eigenvalue weighted by Gasteiger charge is -2.12. The normalized spacial score (nSPS) is 21.2. The zero-order chi connectivity index (χ0) is 18.1. The second-order valence-electron chi connectivity index (χ2n) is 5.46. The van der Waals surface area contributed by atoms with Crippen molar-refractivity contribution in [1.29, 1.82) is 0 Å². The molecule has 0 saturated carbocycles. The molecular formula is C16H14F3N3O2S. The second kappa shape index (κ2) is 6.49. The van der Waals surface area contributed by atoms with Crippen molar-refractivity contribution >= 4 is 16.0 Å². The van der Waals surface area contributed by atoms with Crippen molar-refractivity contribution in [2.75, 3.05) is 0 Å². The molecule has 2 aromatic rings. The molecule has 0 radical (unpaired) electrons. The fourth-order valence-corrected chi connectivity index (χ4v) is 3.49. The Bertz CT molecular complexity index is 879. The highest BCUT2D eigenvalue weighted by Crippen LogP contribution is 2.30. The van der Waals surface area contributed by atoms with Crippen LogP contribution in [0.3, 0.4) is 0 Å². The highest BCUT2D eigenvalue weighted by atomic mass is 32.2. The molecule has 1 fully saturated rings. The number of aliphatic imine (C=N–C) groups is 1. The van der Waals surface area contributed by atoms with E-state index in [4.69, 9.17) is 0 Å². The number of nitrogens with zero attached hydrogens (tertiary/aromatic N) is 1. The van der Waals surface area contributed by atoms with Gasteiger partial charge in [-0.25, -0.2) is 0 Å².